The zero-order chi connectivity index (χ0) is 17.1. The fourth-order valence-electron chi connectivity index (χ4n) is 2.19. The first-order valence-corrected chi connectivity index (χ1v) is 7.99. The Hall–Kier alpha value is -1.05. The summed E-state index contributed by atoms with van der Waals surface area (Å²) in [6, 6.07) is 4.91. The third-order valence-electron chi connectivity index (χ3n) is 3.11. The highest BCUT2D eigenvalue weighted by molar-refractivity contribution is 14.1. The molecule has 0 heterocycles. The molecule has 2 nitrogen and oxygen atoms in total. The highest BCUT2D eigenvalue weighted by Gasteiger charge is 2.30. The van der Waals surface area contributed by atoms with Crippen molar-refractivity contribution < 1.29 is 18.0 Å². The fourth-order valence-corrected chi connectivity index (χ4v) is 2.82. The van der Waals surface area contributed by atoms with Gasteiger partial charge in [0.1, 0.15) is 0 Å². The van der Waals surface area contributed by atoms with Crippen LogP contribution in [0.2, 0.25) is 0 Å². The van der Waals surface area contributed by atoms with Gasteiger partial charge in [0, 0.05) is 21.7 Å². The van der Waals surface area contributed by atoms with Crippen molar-refractivity contribution in [1.82, 2.24) is 4.90 Å². The Labute approximate surface area is 142 Å². The Morgan fingerprint density at radius 2 is 1.55 bits per heavy atom. The Morgan fingerprint density at radius 3 is 1.91 bits per heavy atom. The molecule has 0 aromatic heterocycles. The summed E-state index contributed by atoms with van der Waals surface area (Å²) >= 11 is 1.97. The van der Waals surface area contributed by atoms with Gasteiger partial charge in [-0.15, -0.1) is 0 Å². The lowest BCUT2D eigenvalue weighted by Gasteiger charge is -2.29. The van der Waals surface area contributed by atoms with E-state index in [1.165, 1.54) is 18.2 Å². The van der Waals surface area contributed by atoms with Gasteiger partial charge in [0.2, 0.25) is 5.91 Å². The molecule has 0 unspecified atom stereocenters. The second kappa shape index (κ2) is 7.48. The molecule has 0 aliphatic rings. The molecule has 0 atom stereocenters. The normalized spacial score (nSPS) is 12.9. The summed E-state index contributed by atoms with van der Waals surface area (Å²) in [5.74, 6) is -0.144. The molecule has 0 saturated carbocycles. The lowest BCUT2D eigenvalue weighted by atomic mass is 10.1. The van der Waals surface area contributed by atoms with Crippen LogP contribution in [0.25, 0.3) is 3.58 Å². The predicted octanol–water partition coefficient (Wildman–Crippen LogP) is 5.13. The Balaban J connectivity index is 2.99. The summed E-state index contributed by atoms with van der Waals surface area (Å²) in [5, 5.41) is 0. The van der Waals surface area contributed by atoms with Gasteiger partial charge in [-0.05, 0) is 68.0 Å². The Morgan fingerprint density at radius 1 is 1.09 bits per heavy atom. The van der Waals surface area contributed by atoms with Crippen molar-refractivity contribution in [3.63, 3.8) is 0 Å². The number of halogens is 4. The molecule has 0 fully saturated rings. The molecule has 0 bridgehead atoms. The molecule has 1 rings (SSSR count). The summed E-state index contributed by atoms with van der Waals surface area (Å²) in [5.41, 5.74) is -0.104. The van der Waals surface area contributed by atoms with Gasteiger partial charge in [0.25, 0.3) is 0 Å². The van der Waals surface area contributed by atoms with Crippen LogP contribution in [0.15, 0.2) is 30.3 Å². The van der Waals surface area contributed by atoms with Crippen LogP contribution in [0.1, 0.15) is 38.8 Å². The molecule has 1 aromatic carbocycles. The summed E-state index contributed by atoms with van der Waals surface area (Å²) in [6.45, 7) is 7.71. The number of amides is 1. The van der Waals surface area contributed by atoms with Gasteiger partial charge in [-0.3, -0.25) is 4.79 Å². The van der Waals surface area contributed by atoms with Crippen LogP contribution in [0.5, 0.6) is 0 Å². The number of carbonyl (C=O) groups excluding carboxylic acids is 1. The summed E-state index contributed by atoms with van der Waals surface area (Å²) in [6.07, 6.45) is -2.89. The molecule has 122 valence electrons. The zero-order valence-corrected chi connectivity index (χ0v) is 15.1. The van der Waals surface area contributed by atoms with Gasteiger partial charge in [-0.25, -0.2) is 0 Å². The molecule has 1 aromatic rings. The molecule has 0 radical (unpaired) electrons. The molecule has 0 N–H and O–H groups in total. The second-order valence-electron chi connectivity index (χ2n) is 5.50. The highest BCUT2D eigenvalue weighted by Crippen LogP contribution is 2.31. The first-order valence-electron chi connectivity index (χ1n) is 6.91. The first-order chi connectivity index (χ1) is 10.0. The van der Waals surface area contributed by atoms with E-state index in [0.717, 1.165) is 12.1 Å². The third-order valence-corrected chi connectivity index (χ3v) is 4.04. The van der Waals surface area contributed by atoms with Gasteiger partial charge < -0.3 is 4.90 Å². The molecular formula is C16H19F3INO. The van der Waals surface area contributed by atoms with Crippen molar-refractivity contribution in [3.8, 4) is 0 Å². The van der Waals surface area contributed by atoms with Crippen molar-refractivity contribution in [2.75, 3.05) is 0 Å². The average molecular weight is 425 g/mol. The number of hydrogen-bond acceptors (Lipinski definition) is 1. The number of nitrogens with zero attached hydrogens (tertiary/aromatic N) is 1. The Bertz CT molecular complexity index is 540. The van der Waals surface area contributed by atoms with E-state index in [-0.39, 0.29) is 18.0 Å². The number of benzene rings is 1. The van der Waals surface area contributed by atoms with Crippen LogP contribution in [-0.4, -0.2) is 22.9 Å². The standard InChI is InChI=1S/C16H19F3INO/c1-10(2)21(11(3)4)15(22)9-14(20)12-5-7-13(8-6-12)16(17,18)19/h5-11H,1-4H3/b14-9-. The van der Waals surface area contributed by atoms with E-state index in [9.17, 15) is 18.0 Å². The second-order valence-corrected chi connectivity index (χ2v) is 6.66. The van der Waals surface area contributed by atoms with Crippen LogP contribution >= 0.6 is 22.6 Å². The van der Waals surface area contributed by atoms with Crippen LogP contribution in [0.3, 0.4) is 0 Å². The highest BCUT2D eigenvalue weighted by atomic mass is 127. The lowest BCUT2D eigenvalue weighted by molar-refractivity contribution is -0.137. The van der Waals surface area contributed by atoms with E-state index in [0.29, 0.717) is 9.14 Å². The van der Waals surface area contributed by atoms with E-state index in [1.807, 2.05) is 50.3 Å². The van der Waals surface area contributed by atoms with Crippen LogP contribution < -0.4 is 0 Å². The maximum atomic E-state index is 12.5. The van der Waals surface area contributed by atoms with Crippen LogP contribution in [0, 0.1) is 0 Å². The lowest BCUT2D eigenvalue weighted by Crippen LogP contribution is -2.41. The van der Waals surface area contributed by atoms with E-state index in [4.69, 9.17) is 0 Å². The minimum Gasteiger partial charge on any atom is -0.334 e. The predicted molar refractivity (Wildman–Crippen MR) is 90.6 cm³/mol. The number of carbonyl (C=O) groups is 1. The molecule has 0 aliphatic heterocycles. The first kappa shape index (κ1) is 19.0. The number of rotatable bonds is 4. The van der Waals surface area contributed by atoms with Crippen molar-refractivity contribution in [2.24, 2.45) is 0 Å². The third kappa shape index (κ3) is 5.00. The van der Waals surface area contributed by atoms with Gasteiger partial charge in [0.15, 0.2) is 0 Å². The van der Waals surface area contributed by atoms with Gasteiger partial charge >= 0.3 is 6.18 Å². The molecule has 1 amide bonds. The van der Waals surface area contributed by atoms with Crippen molar-refractivity contribution in [2.45, 2.75) is 46.0 Å². The van der Waals surface area contributed by atoms with Gasteiger partial charge in [-0.1, -0.05) is 12.1 Å². The minimum atomic E-state index is -4.35. The maximum absolute atomic E-state index is 12.5. The SMILES string of the molecule is CC(C)N(C(=O)/C=C(\I)c1ccc(C(F)(F)F)cc1)C(C)C. The molecule has 0 saturated heterocycles. The Kier molecular flexibility index (Phi) is 6.46. The van der Waals surface area contributed by atoms with Crippen molar-refractivity contribution in [1.29, 1.82) is 0 Å². The van der Waals surface area contributed by atoms with E-state index < -0.39 is 11.7 Å². The maximum Gasteiger partial charge on any atom is 0.416 e. The summed E-state index contributed by atoms with van der Waals surface area (Å²) in [7, 11) is 0. The monoisotopic (exact) mass is 425 g/mol. The molecule has 22 heavy (non-hydrogen) atoms. The smallest absolute Gasteiger partial charge is 0.334 e. The van der Waals surface area contributed by atoms with E-state index >= 15 is 0 Å². The van der Waals surface area contributed by atoms with Gasteiger partial charge in [-0.2, -0.15) is 13.2 Å². The fraction of sp³-hybridized carbons (Fsp3) is 0.438. The van der Waals surface area contributed by atoms with Crippen LogP contribution in [0.4, 0.5) is 13.2 Å². The van der Waals surface area contributed by atoms with Gasteiger partial charge in [0.05, 0.1) is 5.56 Å². The molecular weight excluding hydrogens is 406 g/mol. The zero-order valence-electron chi connectivity index (χ0n) is 12.9. The van der Waals surface area contributed by atoms with Crippen LogP contribution in [-0.2, 0) is 11.0 Å². The molecule has 0 aliphatic carbocycles. The van der Waals surface area contributed by atoms with E-state index in [2.05, 4.69) is 0 Å². The molecule has 0 spiro atoms. The topological polar surface area (TPSA) is 20.3 Å². The number of hydrogen-bond donors (Lipinski definition) is 0. The average Bonchev–Trinajstić information content (AvgIpc) is 2.36. The van der Waals surface area contributed by atoms with Crippen molar-refractivity contribution >= 4 is 32.1 Å². The molecule has 6 heteroatoms. The van der Waals surface area contributed by atoms with E-state index in [1.54, 1.807) is 4.90 Å². The summed E-state index contributed by atoms with van der Waals surface area (Å²) < 4.78 is 38.2. The quantitative estimate of drug-likeness (QED) is 0.484. The number of alkyl halides is 3. The largest absolute Gasteiger partial charge is 0.416 e. The summed E-state index contributed by atoms with van der Waals surface area (Å²) in [4.78, 5) is 14.0. The van der Waals surface area contributed by atoms with Crippen molar-refractivity contribution in [3.05, 3.63) is 41.5 Å². The minimum absolute atomic E-state index is 0.0561.